The number of hydrogen-bond donors (Lipinski definition) is 1. The van der Waals surface area contributed by atoms with Crippen LogP contribution in [-0.2, 0) is 4.79 Å². The number of carbonyl (C=O) groups excluding carboxylic acids is 1. The van der Waals surface area contributed by atoms with Crippen molar-refractivity contribution in [1.29, 1.82) is 0 Å². The van der Waals surface area contributed by atoms with Crippen molar-refractivity contribution >= 4 is 27.5 Å². The van der Waals surface area contributed by atoms with Gasteiger partial charge in [0.2, 0.25) is 5.91 Å². The van der Waals surface area contributed by atoms with Crippen LogP contribution in [0.4, 0.5) is 5.69 Å². The highest BCUT2D eigenvalue weighted by Gasteiger charge is 2.09. The van der Waals surface area contributed by atoms with Gasteiger partial charge >= 0.3 is 0 Å². The van der Waals surface area contributed by atoms with Gasteiger partial charge in [-0.15, -0.1) is 0 Å². The van der Waals surface area contributed by atoms with Crippen LogP contribution in [0.15, 0.2) is 53.0 Å². The molecule has 0 bridgehead atoms. The molecule has 0 aliphatic heterocycles. The zero-order valence-electron chi connectivity index (χ0n) is 12.8. The summed E-state index contributed by atoms with van der Waals surface area (Å²) in [4.78, 5) is 12.0. The van der Waals surface area contributed by atoms with Crippen LogP contribution in [0.25, 0.3) is 0 Å². The summed E-state index contributed by atoms with van der Waals surface area (Å²) in [6.45, 7) is 4.58. The summed E-state index contributed by atoms with van der Waals surface area (Å²) in [5, 5.41) is 2.96. The van der Waals surface area contributed by atoms with E-state index in [2.05, 4.69) is 35.1 Å². The van der Waals surface area contributed by atoms with Crippen LogP contribution in [0.5, 0.6) is 5.75 Å². The summed E-state index contributed by atoms with van der Waals surface area (Å²) in [6, 6.07) is 15.5. The van der Waals surface area contributed by atoms with Crippen molar-refractivity contribution in [2.45, 2.75) is 26.2 Å². The molecule has 0 fully saturated rings. The standard InChI is InChI=1S/C18H20BrNO2/c1-13(2)16-8-3-4-9-17(16)20-18(21)10-11-22-15-7-5-6-14(19)12-15/h3-9,12-13H,10-11H2,1-2H3,(H,20,21). The number of anilines is 1. The Balaban J connectivity index is 1.86. The highest BCUT2D eigenvalue weighted by Crippen LogP contribution is 2.23. The maximum atomic E-state index is 12.0. The fourth-order valence-electron chi connectivity index (χ4n) is 2.15. The lowest BCUT2D eigenvalue weighted by Crippen LogP contribution is -2.16. The lowest BCUT2D eigenvalue weighted by Gasteiger charge is -2.13. The first-order valence-electron chi connectivity index (χ1n) is 7.33. The van der Waals surface area contributed by atoms with E-state index in [0.717, 1.165) is 21.5 Å². The maximum absolute atomic E-state index is 12.0. The molecule has 2 aromatic carbocycles. The Morgan fingerprint density at radius 1 is 1.18 bits per heavy atom. The van der Waals surface area contributed by atoms with Gasteiger partial charge in [0.1, 0.15) is 5.75 Å². The third-order valence-corrected chi connectivity index (χ3v) is 3.74. The first kappa shape index (κ1) is 16.6. The van der Waals surface area contributed by atoms with Crippen LogP contribution in [0.1, 0.15) is 31.7 Å². The minimum atomic E-state index is -0.0388. The number of hydrogen-bond acceptors (Lipinski definition) is 2. The zero-order chi connectivity index (χ0) is 15.9. The molecule has 0 aliphatic carbocycles. The van der Waals surface area contributed by atoms with E-state index in [9.17, 15) is 4.79 Å². The number of rotatable bonds is 6. The molecular formula is C18H20BrNO2. The number of para-hydroxylation sites is 1. The molecule has 0 spiro atoms. The summed E-state index contributed by atoms with van der Waals surface area (Å²) in [5.41, 5.74) is 2.02. The quantitative estimate of drug-likeness (QED) is 0.787. The van der Waals surface area contributed by atoms with Crippen molar-refractivity contribution in [3.05, 3.63) is 58.6 Å². The van der Waals surface area contributed by atoms with E-state index in [1.807, 2.05) is 48.5 Å². The average molecular weight is 362 g/mol. The first-order chi connectivity index (χ1) is 10.6. The van der Waals surface area contributed by atoms with Gasteiger partial charge < -0.3 is 10.1 Å². The largest absolute Gasteiger partial charge is 0.493 e. The van der Waals surface area contributed by atoms with Crippen molar-refractivity contribution in [3.8, 4) is 5.75 Å². The molecule has 1 N–H and O–H groups in total. The van der Waals surface area contributed by atoms with Gasteiger partial charge in [0.15, 0.2) is 0 Å². The molecule has 116 valence electrons. The van der Waals surface area contributed by atoms with E-state index in [-0.39, 0.29) is 5.91 Å². The summed E-state index contributed by atoms with van der Waals surface area (Å²) in [6.07, 6.45) is 0.318. The molecule has 0 aliphatic rings. The molecule has 0 radical (unpaired) electrons. The highest BCUT2D eigenvalue weighted by atomic mass is 79.9. The van der Waals surface area contributed by atoms with Crippen LogP contribution in [0.3, 0.4) is 0 Å². The van der Waals surface area contributed by atoms with E-state index < -0.39 is 0 Å². The van der Waals surface area contributed by atoms with Crippen LogP contribution < -0.4 is 10.1 Å². The fourth-order valence-corrected chi connectivity index (χ4v) is 2.52. The second-order valence-corrected chi connectivity index (χ2v) is 6.26. The molecule has 0 atom stereocenters. The highest BCUT2D eigenvalue weighted by molar-refractivity contribution is 9.10. The molecule has 2 rings (SSSR count). The Labute approximate surface area is 139 Å². The van der Waals surface area contributed by atoms with Crippen LogP contribution in [0.2, 0.25) is 0 Å². The minimum Gasteiger partial charge on any atom is -0.493 e. The number of halogens is 1. The van der Waals surface area contributed by atoms with Gasteiger partial charge in [-0.3, -0.25) is 4.79 Å². The van der Waals surface area contributed by atoms with E-state index in [4.69, 9.17) is 4.74 Å². The average Bonchev–Trinajstić information content (AvgIpc) is 2.47. The lowest BCUT2D eigenvalue weighted by molar-refractivity contribution is -0.116. The van der Waals surface area contributed by atoms with Crippen molar-refractivity contribution in [2.24, 2.45) is 0 Å². The second-order valence-electron chi connectivity index (χ2n) is 5.35. The predicted octanol–water partition coefficient (Wildman–Crippen LogP) is 4.98. The SMILES string of the molecule is CC(C)c1ccccc1NC(=O)CCOc1cccc(Br)c1. The molecule has 0 saturated heterocycles. The van der Waals surface area contributed by atoms with Gasteiger partial charge in [0.05, 0.1) is 13.0 Å². The number of ether oxygens (including phenoxy) is 1. The molecule has 2 aromatic rings. The summed E-state index contributed by atoms with van der Waals surface area (Å²) in [7, 11) is 0. The number of benzene rings is 2. The summed E-state index contributed by atoms with van der Waals surface area (Å²) >= 11 is 3.39. The molecule has 0 unspecified atom stereocenters. The molecule has 0 heterocycles. The van der Waals surface area contributed by atoms with Crippen molar-refractivity contribution in [1.82, 2.24) is 0 Å². The normalized spacial score (nSPS) is 10.5. The Morgan fingerprint density at radius 2 is 1.95 bits per heavy atom. The van der Waals surface area contributed by atoms with E-state index in [0.29, 0.717) is 18.9 Å². The Morgan fingerprint density at radius 3 is 2.68 bits per heavy atom. The van der Waals surface area contributed by atoms with Crippen molar-refractivity contribution in [3.63, 3.8) is 0 Å². The Bertz CT molecular complexity index is 640. The third kappa shape index (κ3) is 4.88. The lowest BCUT2D eigenvalue weighted by atomic mass is 10.0. The van der Waals surface area contributed by atoms with Crippen molar-refractivity contribution in [2.75, 3.05) is 11.9 Å². The van der Waals surface area contributed by atoms with Gasteiger partial charge in [0, 0.05) is 10.2 Å². The molecule has 0 aromatic heterocycles. The number of carbonyl (C=O) groups is 1. The molecule has 22 heavy (non-hydrogen) atoms. The van der Waals surface area contributed by atoms with Gasteiger partial charge in [-0.2, -0.15) is 0 Å². The fraction of sp³-hybridized carbons (Fsp3) is 0.278. The van der Waals surface area contributed by atoms with Crippen LogP contribution in [-0.4, -0.2) is 12.5 Å². The minimum absolute atomic E-state index is 0.0388. The third-order valence-electron chi connectivity index (χ3n) is 3.25. The predicted molar refractivity (Wildman–Crippen MR) is 93.4 cm³/mol. The molecule has 4 heteroatoms. The topological polar surface area (TPSA) is 38.3 Å². The van der Waals surface area contributed by atoms with Gasteiger partial charge in [-0.05, 0) is 35.7 Å². The van der Waals surface area contributed by atoms with E-state index >= 15 is 0 Å². The molecule has 0 saturated carbocycles. The Hall–Kier alpha value is -1.81. The summed E-state index contributed by atoms with van der Waals surface area (Å²) in [5.74, 6) is 1.09. The Kier molecular flexibility index (Phi) is 6.01. The summed E-state index contributed by atoms with van der Waals surface area (Å²) < 4.78 is 6.54. The number of amides is 1. The van der Waals surface area contributed by atoms with Gasteiger partial charge in [-0.25, -0.2) is 0 Å². The van der Waals surface area contributed by atoms with Gasteiger partial charge in [-0.1, -0.05) is 54.0 Å². The maximum Gasteiger partial charge on any atom is 0.227 e. The van der Waals surface area contributed by atoms with Crippen LogP contribution in [0, 0.1) is 0 Å². The molecular weight excluding hydrogens is 342 g/mol. The van der Waals surface area contributed by atoms with E-state index in [1.54, 1.807) is 0 Å². The molecule has 1 amide bonds. The van der Waals surface area contributed by atoms with E-state index in [1.165, 1.54) is 0 Å². The second kappa shape index (κ2) is 7.99. The number of nitrogens with one attached hydrogen (secondary N) is 1. The smallest absolute Gasteiger partial charge is 0.227 e. The first-order valence-corrected chi connectivity index (χ1v) is 8.12. The molecule has 3 nitrogen and oxygen atoms in total. The van der Waals surface area contributed by atoms with Crippen molar-refractivity contribution < 1.29 is 9.53 Å². The monoisotopic (exact) mass is 361 g/mol. The zero-order valence-corrected chi connectivity index (χ0v) is 14.4. The van der Waals surface area contributed by atoms with Crippen LogP contribution >= 0.6 is 15.9 Å². The van der Waals surface area contributed by atoms with Gasteiger partial charge in [0.25, 0.3) is 0 Å².